The van der Waals surface area contributed by atoms with Crippen molar-refractivity contribution < 1.29 is 4.79 Å². The Hall–Kier alpha value is -1.35. The first-order valence-corrected chi connectivity index (χ1v) is 4.20. The van der Waals surface area contributed by atoms with E-state index in [1.54, 1.807) is 0 Å². The minimum absolute atomic E-state index is 0.198. The van der Waals surface area contributed by atoms with E-state index in [1.165, 1.54) is 0 Å². The summed E-state index contributed by atoms with van der Waals surface area (Å²) in [5.74, 6) is -0.367. The van der Waals surface area contributed by atoms with Gasteiger partial charge in [-0.15, -0.1) is 0 Å². The van der Waals surface area contributed by atoms with E-state index in [4.69, 9.17) is 11.5 Å². The summed E-state index contributed by atoms with van der Waals surface area (Å²) in [6, 6.07) is 7.50. The summed E-state index contributed by atoms with van der Waals surface area (Å²) in [5, 5.41) is 0. The van der Waals surface area contributed by atoms with Gasteiger partial charge in [-0.05, 0) is 12.5 Å². The molecule has 0 aliphatic rings. The molecule has 13 heavy (non-hydrogen) atoms. The van der Waals surface area contributed by atoms with Gasteiger partial charge in [0.1, 0.15) is 0 Å². The van der Waals surface area contributed by atoms with E-state index < -0.39 is 0 Å². The van der Waals surface area contributed by atoms with Crippen LogP contribution in [0.15, 0.2) is 24.3 Å². The van der Waals surface area contributed by atoms with E-state index in [2.05, 4.69) is 0 Å². The van der Waals surface area contributed by atoms with E-state index in [-0.39, 0.29) is 18.4 Å². The standard InChI is InChI=1S/C10H14N2O/c1-7-3-2-4-8(5-7)9(11)6-10(12)13/h2-5,9H,6,11H2,1H3,(H2,12,13). The van der Waals surface area contributed by atoms with Crippen LogP contribution in [0, 0.1) is 6.92 Å². The second-order valence-corrected chi connectivity index (χ2v) is 3.19. The monoisotopic (exact) mass is 178 g/mol. The number of amides is 1. The molecule has 1 aromatic carbocycles. The Kier molecular flexibility index (Phi) is 3.03. The van der Waals surface area contributed by atoms with Crippen LogP contribution >= 0.6 is 0 Å². The average molecular weight is 178 g/mol. The predicted octanol–water partition coefficient (Wildman–Crippen LogP) is 0.870. The molecule has 1 unspecified atom stereocenters. The molecule has 0 aromatic heterocycles. The molecule has 0 fully saturated rings. The van der Waals surface area contributed by atoms with Gasteiger partial charge in [0.2, 0.25) is 5.91 Å². The zero-order chi connectivity index (χ0) is 9.84. The van der Waals surface area contributed by atoms with Gasteiger partial charge in [-0.2, -0.15) is 0 Å². The fourth-order valence-electron chi connectivity index (χ4n) is 1.24. The minimum Gasteiger partial charge on any atom is -0.370 e. The first kappa shape index (κ1) is 9.74. The molecule has 1 aromatic rings. The van der Waals surface area contributed by atoms with E-state index in [0.717, 1.165) is 11.1 Å². The van der Waals surface area contributed by atoms with Crippen molar-refractivity contribution in [1.82, 2.24) is 0 Å². The highest BCUT2D eigenvalue weighted by molar-refractivity contribution is 5.74. The number of carbonyl (C=O) groups excluding carboxylic acids is 1. The molecule has 1 rings (SSSR count). The van der Waals surface area contributed by atoms with Crippen molar-refractivity contribution in [2.45, 2.75) is 19.4 Å². The molecule has 0 saturated carbocycles. The lowest BCUT2D eigenvalue weighted by Gasteiger charge is -2.09. The molecule has 0 radical (unpaired) electrons. The average Bonchev–Trinajstić information content (AvgIpc) is 2.03. The number of hydrogen-bond acceptors (Lipinski definition) is 2. The molecule has 3 heteroatoms. The number of aryl methyl sites for hydroxylation is 1. The van der Waals surface area contributed by atoms with Crippen molar-refractivity contribution in [2.24, 2.45) is 11.5 Å². The summed E-state index contributed by atoms with van der Waals surface area (Å²) in [6.45, 7) is 1.99. The molecule has 0 bridgehead atoms. The normalized spacial score (nSPS) is 12.5. The van der Waals surface area contributed by atoms with Crippen LogP contribution in [0.1, 0.15) is 23.6 Å². The van der Waals surface area contributed by atoms with Crippen LogP contribution in [0.3, 0.4) is 0 Å². The maximum atomic E-state index is 10.6. The summed E-state index contributed by atoms with van der Waals surface area (Å²) in [6.07, 6.45) is 0.198. The van der Waals surface area contributed by atoms with Gasteiger partial charge in [-0.25, -0.2) is 0 Å². The molecule has 0 aliphatic carbocycles. The third-order valence-electron chi connectivity index (χ3n) is 1.89. The number of benzene rings is 1. The molecule has 3 nitrogen and oxygen atoms in total. The van der Waals surface area contributed by atoms with Gasteiger partial charge in [0.15, 0.2) is 0 Å². The molecule has 1 atom stereocenters. The lowest BCUT2D eigenvalue weighted by atomic mass is 10.0. The topological polar surface area (TPSA) is 69.1 Å². The molecule has 4 N–H and O–H groups in total. The summed E-state index contributed by atoms with van der Waals surface area (Å²) >= 11 is 0. The fourth-order valence-corrected chi connectivity index (χ4v) is 1.24. The van der Waals surface area contributed by atoms with Gasteiger partial charge in [0, 0.05) is 12.5 Å². The van der Waals surface area contributed by atoms with Crippen LogP contribution in [0.5, 0.6) is 0 Å². The van der Waals surface area contributed by atoms with Gasteiger partial charge >= 0.3 is 0 Å². The maximum Gasteiger partial charge on any atom is 0.219 e. The van der Waals surface area contributed by atoms with Gasteiger partial charge in [-0.3, -0.25) is 4.79 Å². The first-order valence-electron chi connectivity index (χ1n) is 4.20. The maximum absolute atomic E-state index is 10.6. The number of primary amides is 1. The van der Waals surface area contributed by atoms with Gasteiger partial charge in [0.05, 0.1) is 0 Å². The molecular formula is C10H14N2O. The highest BCUT2D eigenvalue weighted by atomic mass is 16.1. The largest absolute Gasteiger partial charge is 0.370 e. The van der Waals surface area contributed by atoms with E-state index in [1.807, 2.05) is 31.2 Å². The van der Waals surface area contributed by atoms with Crippen LogP contribution in [-0.4, -0.2) is 5.91 Å². The van der Waals surface area contributed by atoms with E-state index in [9.17, 15) is 4.79 Å². The van der Waals surface area contributed by atoms with Crippen molar-refractivity contribution in [3.63, 3.8) is 0 Å². The second kappa shape index (κ2) is 4.05. The van der Waals surface area contributed by atoms with Gasteiger partial charge in [-0.1, -0.05) is 29.8 Å². The smallest absolute Gasteiger partial charge is 0.219 e. The van der Waals surface area contributed by atoms with Crippen LogP contribution in [-0.2, 0) is 4.79 Å². The fraction of sp³-hybridized carbons (Fsp3) is 0.300. The zero-order valence-electron chi connectivity index (χ0n) is 7.66. The van der Waals surface area contributed by atoms with Crippen molar-refractivity contribution in [3.8, 4) is 0 Å². The lowest BCUT2D eigenvalue weighted by Crippen LogP contribution is -2.20. The highest BCUT2D eigenvalue weighted by Gasteiger charge is 2.08. The molecule has 0 aliphatic heterocycles. The third-order valence-corrected chi connectivity index (χ3v) is 1.89. The number of nitrogens with two attached hydrogens (primary N) is 2. The lowest BCUT2D eigenvalue weighted by molar-refractivity contribution is -0.118. The van der Waals surface area contributed by atoms with Crippen LogP contribution in [0.4, 0.5) is 0 Å². The summed E-state index contributed by atoms with van der Waals surface area (Å²) in [7, 11) is 0. The molecular weight excluding hydrogens is 164 g/mol. The van der Waals surface area contributed by atoms with Gasteiger partial charge < -0.3 is 11.5 Å². The number of hydrogen-bond donors (Lipinski definition) is 2. The third kappa shape index (κ3) is 2.87. The first-order chi connectivity index (χ1) is 6.09. The quantitative estimate of drug-likeness (QED) is 0.721. The van der Waals surface area contributed by atoms with Gasteiger partial charge in [0.25, 0.3) is 0 Å². The van der Waals surface area contributed by atoms with Crippen molar-refractivity contribution in [1.29, 1.82) is 0 Å². The van der Waals surface area contributed by atoms with E-state index in [0.29, 0.717) is 0 Å². The Morgan fingerprint density at radius 3 is 2.77 bits per heavy atom. The molecule has 1 amide bonds. The predicted molar refractivity (Wildman–Crippen MR) is 51.9 cm³/mol. The van der Waals surface area contributed by atoms with Crippen molar-refractivity contribution in [2.75, 3.05) is 0 Å². The summed E-state index contributed by atoms with van der Waals surface area (Å²) in [4.78, 5) is 10.6. The Bertz CT molecular complexity index is 310. The minimum atomic E-state index is -0.367. The Labute approximate surface area is 77.7 Å². The number of carbonyl (C=O) groups is 1. The Balaban J connectivity index is 2.76. The van der Waals surface area contributed by atoms with Crippen molar-refractivity contribution in [3.05, 3.63) is 35.4 Å². The zero-order valence-corrected chi connectivity index (χ0v) is 7.66. The SMILES string of the molecule is Cc1cccc(C(N)CC(N)=O)c1. The second-order valence-electron chi connectivity index (χ2n) is 3.19. The molecule has 0 spiro atoms. The Morgan fingerprint density at radius 1 is 1.54 bits per heavy atom. The highest BCUT2D eigenvalue weighted by Crippen LogP contribution is 2.14. The summed E-state index contributed by atoms with van der Waals surface area (Å²) in [5.41, 5.74) is 12.9. The van der Waals surface area contributed by atoms with Crippen molar-refractivity contribution >= 4 is 5.91 Å². The van der Waals surface area contributed by atoms with Crippen LogP contribution < -0.4 is 11.5 Å². The Morgan fingerprint density at radius 2 is 2.23 bits per heavy atom. The van der Waals surface area contributed by atoms with Crippen LogP contribution in [0.2, 0.25) is 0 Å². The molecule has 70 valence electrons. The summed E-state index contributed by atoms with van der Waals surface area (Å²) < 4.78 is 0. The van der Waals surface area contributed by atoms with Crippen LogP contribution in [0.25, 0.3) is 0 Å². The number of rotatable bonds is 3. The van der Waals surface area contributed by atoms with E-state index >= 15 is 0 Å². The molecule has 0 saturated heterocycles. The molecule has 0 heterocycles.